The lowest BCUT2D eigenvalue weighted by atomic mass is 9.95. The molecule has 0 aliphatic rings. The summed E-state index contributed by atoms with van der Waals surface area (Å²) in [6.07, 6.45) is 3.42. The third kappa shape index (κ3) is 5.40. The number of imidazole rings is 1. The fraction of sp³-hybridized carbons (Fsp3) is 0.368. The molecule has 1 unspecified atom stereocenters. The molecule has 2 aromatic rings. The molecule has 2 rings (SSSR count). The number of nitrogen functional groups attached to an aromatic ring is 1. The Labute approximate surface area is 157 Å². The van der Waals surface area contributed by atoms with Crippen molar-refractivity contribution >= 4 is 29.0 Å². The van der Waals surface area contributed by atoms with Crippen LogP contribution in [-0.4, -0.2) is 33.6 Å². The lowest BCUT2D eigenvalue weighted by Crippen LogP contribution is -2.41. The summed E-state index contributed by atoms with van der Waals surface area (Å²) < 4.78 is 0. The van der Waals surface area contributed by atoms with Crippen LogP contribution in [0.4, 0.5) is 11.4 Å². The highest BCUT2D eigenvalue weighted by Gasteiger charge is 2.23. The van der Waals surface area contributed by atoms with Crippen LogP contribution in [-0.2, 0) is 16.0 Å². The maximum atomic E-state index is 12.6. The number of H-pyrrole nitrogens is 1. The van der Waals surface area contributed by atoms with Crippen molar-refractivity contribution in [1.82, 2.24) is 15.3 Å². The predicted octanol–water partition coefficient (Wildman–Crippen LogP) is 1.91. The lowest BCUT2D eigenvalue weighted by Gasteiger charge is -2.19. The van der Waals surface area contributed by atoms with E-state index in [9.17, 15) is 14.4 Å². The minimum atomic E-state index is -0.692. The van der Waals surface area contributed by atoms with Gasteiger partial charge in [0, 0.05) is 29.3 Å². The summed E-state index contributed by atoms with van der Waals surface area (Å²) in [5, 5.41) is 5.45. The van der Waals surface area contributed by atoms with E-state index < -0.39 is 17.4 Å². The molecule has 1 atom stereocenters. The average molecular weight is 371 g/mol. The minimum Gasteiger partial charge on any atom is -0.397 e. The van der Waals surface area contributed by atoms with Gasteiger partial charge in [-0.3, -0.25) is 14.4 Å². The summed E-state index contributed by atoms with van der Waals surface area (Å²) in [5.74, 6) is -0.816. The number of aromatic amines is 1. The van der Waals surface area contributed by atoms with Gasteiger partial charge in [0.15, 0.2) is 5.78 Å². The number of benzene rings is 1. The van der Waals surface area contributed by atoms with Gasteiger partial charge in [0.1, 0.15) is 0 Å². The SMILES string of the molecule is CC(=O)C(Cc1cnc[nH]1)NC(=O)c1ccc(N)c(NC(=O)C(C)(C)C)c1. The molecule has 2 amide bonds. The Morgan fingerprint density at radius 2 is 1.96 bits per heavy atom. The first-order valence-corrected chi connectivity index (χ1v) is 8.57. The van der Waals surface area contributed by atoms with Crippen molar-refractivity contribution in [3.8, 4) is 0 Å². The lowest BCUT2D eigenvalue weighted by molar-refractivity contribution is -0.123. The van der Waals surface area contributed by atoms with Crippen molar-refractivity contribution in [2.24, 2.45) is 5.41 Å². The molecule has 8 nitrogen and oxygen atoms in total. The summed E-state index contributed by atoms with van der Waals surface area (Å²) >= 11 is 0. The minimum absolute atomic E-state index is 0.172. The van der Waals surface area contributed by atoms with Crippen LogP contribution in [0.1, 0.15) is 43.7 Å². The van der Waals surface area contributed by atoms with Crippen molar-refractivity contribution in [2.75, 3.05) is 11.1 Å². The molecule has 0 saturated heterocycles. The van der Waals surface area contributed by atoms with Crippen molar-refractivity contribution in [1.29, 1.82) is 0 Å². The Hall–Kier alpha value is -3.16. The number of aromatic nitrogens is 2. The molecule has 144 valence electrons. The molecule has 5 N–H and O–H groups in total. The smallest absolute Gasteiger partial charge is 0.251 e. The van der Waals surface area contributed by atoms with Crippen molar-refractivity contribution < 1.29 is 14.4 Å². The van der Waals surface area contributed by atoms with E-state index in [1.807, 2.05) is 0 Å². The van der Waals surface area contributed by atoms with Crippen LogP contribution in [0, 0.1) is 5.41 Å². The number of Topliss-reactive ketones (excluding diaryl/α,β-unsaturated/α-hetero) is 1. The summed E-state index contributed by atoms with van der Waals surface area (Å²) in [4.78, 5) is 43.5. The summed E-state index contributed by atoms with van der Waals surface area (Å²) in [7, 11) is 0. The second-order valence-electron chi connectivity index (χ2n) is 7.42. The number of amides is 2. The molecule has 8 heteroatoms. The average Bonchev–Trinajstić information content (AvgIpc) is 3.08. The second-order valence-corrected chi connectivity index (χ2v) is 7.42. The van der Waals surface area contributed by atoms with Gasteiger partial charge in [-0.15, -0.1) is 0 Å². The van der Waals surface area contributed by atoms with E-state index in [1.54, 1.807) is 39.1 Å². The van der Waals surface area contributed by atoms with E-state index in [-0.39, 0.29) is 11.7 Å². The van der Waals surface area contributed by atoms with Crippen LogP contribution in [0.25, 0.3) is 0 Å². The van der Waals surface area contributed by atoms with Gasteiger partial charge in [-0.25, -0.2) is 4.98 Å². The largest absolute Gasteiger partial charge is 0.397 e. The molecule has 0 saturated carbocycles. The maximum Gasteiger partial charge on any atom is 0.251 e. The number of nitrogens with one attached hydrogen (secondary N) is 3. The van der Waals surface area contributed by atoms with Crippen molar-refractivity contribution in [3.63, 3.8) is 0 Å². The number of carbonyl (C=O) groups excluding carboxylic acids is 3. The molecule has 1 aromatic heterocycles. The van der Waals surface area contributed by atoms with Gasteiger partial charge in [0.2, 0.25) is 5.91 Å². The van der Waals surface area contributed by atoms with Gasteiger partial charge in [0.05, 0.1) is 23.7 Å². The number of nitrogens with two attached hydrogens (primary N) is 1. The van der Waals surface area contributed by atoms with Gasteiger partial charge >= 0.3 is 0 Å². The van der Waals surface area contributed by atoms with Gasteiger partial charge in [-0.1, -0.05) is 20.8 Å². The zero-order valence-electron chi connectivity index (χ0n) is 15.9. The molecule has 1 heterocycles. The fourth-order valence-electron chi connectivity index (χ4n) is 2.27. The van der Waals surface area contributed by atoms with E-state index in [4.69, 9.17) is 5.73 Å². The number of hydrogen-bond donors (Lipinski definition) is 4. The summed E-state index contributed by atoms with van der Waals surface area (Å²) in [6, 6.07) is 3.90. The van der Waals surface area contributed by atoms with Crippen LogP contribution in [0.5, 0.6) is 0 Å². The van der Waals surface area contributed by atoms with Crippen molar-refractivity contribution in [3.05, 3.63) is 42.0 Å². The Balaban J connectivity index is 2.16. The second kappa shape index (κ2) is 8.03. The standard InChI is InChI=1S/C19H25N5O3/c1-11(25)15(8-13-9-21-10-22-13)23-17(26)12-5-6-14(20)16(7-12)24-18(27)19(2,3)4/h5-7,9-10,15H,8,20H2,1-4H3,(H,21,22)(H,23,26)(H,24,27). The van der Waals surface area contributed by atoms with Gasteiger partial charge < -0.3 is 21.4 Å². The Kier molecular flexibility index (Phi) is 5.99. The van der Waals surface area contributed by atoms with Gasteiger partial charge in [0.25, 0.3) is 5.91 Å². The van der Waals surface area contributed by atoms with E-state index in [1.165, 1.54) is 19.3 Å². The van der Waals surface area contributed by atoms with E-state index in [2.05, 4.69) is 20.6 Å². The molecular weight excluding hydrogens is 346 g/mol. The molecule has 0 fully saturated rings. The fourth-order valence-corrected chi connectivity index (χ4v) is 2.27. The first kappa shape index (κ1) is 20.2. The molecular formula is C19H25N5O3. The van der Waals surface area contributed by atoms with E-state index in [0.717, 1.165) is 5.69 Å². The highest BCUT2D eigenvalue weighted by Crippen LogP contribution is 2.23. The topological polar surface area (TPSA) is 130 Å². The van der Waals surface area contributed by atoms with Crippen LogP contribution in [0.2, 0.25) is 0 Å². The zero-order valence-corrected chi connectivity index (χ0v) is 15.9. The monoisotopic (exact) mass is 371 g/mol. The van der Waals surface area contributed by atoms with Gasteiger partial charge in [-0.2, -0.15) is 0 Å². The number of carbonyl (C=O) groups is 3. The third-order valence-corrected chi connectivity index (χ3v) is 4.02. The molecule has 0 radical (unpaired) electrons. The van der Waals surface area contributed by atoms with Crippen LogP contribution in [0.3, 0.4) is 0 Å². The van der Waals surface area contributed by atoms with E-state index >= 15 is 0 Å². The highest BCUT2D eigenvalue weighted by atomic mass is 16.2. The Morgan fingerprint density at radius 3 is 2.52 bits per heavy atom. The third-order valence-electron chi connectivity index (χ3n) is 4.02. The highest BCUT2D eigenvalue weighted by molar-refractivity contribution is 6.02. The number of ketones is 1. The van der Waals surface area contributed by atoms with Crippen LogP contribution >= 0.6 is 0 Å². The predicted molar refractivity (Wildman–Crippen MR) is 103 cm³/mol. The Bertz CT molecular complexity index is 838. The van der Waals surface area contributed by atoms with Crippen LogP contribution in [0.15, 0.2) is 30.7 Å². The molecule has 0 aliphatic carbocycles. The molecule has 27 heavy (non-hydrogen) atoms. The quantitative estimate of drug-likeness (QED) is 0.576. The zero-order chi connectivity index (χ0) is 20.2. The summed E-state index contributed by atoms with van der Waals surface area (Å²) in [6.45, 7) is 6.76. The normalized spacial score (nSPS) is 12.3. The van der Waals surface area contributed by atoms with Gasteiger partial charge in [-0.05, 0) is 25.1 Å². The number of hydrogen-bond acceptors (Lipinski definition) is 5. The molecule has 0 aliphatic heterocycles. The molecule has 0 bridgehead atoms. The first-order valence-electron chi connectivity index (χ1n) is 8.57. The maximum absolute atomic E-state index is 12.6. The molecule has 0 spiro atoms. The van der Waals surface area contributed by atoms with Crippen LogP contribution < -0.4 is 16.4 Å². The van der Waals surface area contributed by atoms with E-state index in [0.29, 0.717) is 23.4 Å². The first-order chi connectivity index (χ1) is 12.6. The molecule has 1 aromatic carbocycles. The number of anilines is 2. The Morgan fingerprint density at radius 1 is 1.26 bits per heavy atom. The number of rotatable bonds is 6. The number of nitrogens with zero attached hydrogens (tertiary/aromatic N) is 1. The summed E-state index contributed by atoms with van der Waals surface area (Å²) in [5.41, 5.74) is 7.05. The van der Waals surface area contributed by atoms with Crippen molar-refractivity contribution in [2.45, 2.75) is 40.2 Å².